The molecule has 0 aliphatic heterocycles. The van der Waals surface area contributed by atoms with E-state index in [1.165, 1.54) is 24.3 Å². The number of carbonyl (C=O) groups excluding carboxylic acids is 1. The van der Waals surface area contributed by atoms with E-state index in [4.69, 9.17) is 0 Å². The zero-order valence-corrected chi connectivity index (χ0v) is 14.6. The maximum absolute atomic E-state index is 12.1. The van der Waals surface area contributed by atoms with Gasteiger partial charge in [-0.25, -0.2) is 9.97 Å². The zero-order valence-electron chi connectivity index (χ0n) is 14.6. The first-order valence-corrected chi connectivity index (χ1v) is 8.08. The molecule has 2 aromatic carbocycles. The van der Waals surface area contributed by atoms with Crippen LogP contribution < -0.4 is 16.2 Å². The van der Waals surface area contributed by atoms with Crippen molar-refractivity contribution < 1.29 is 14.6 Å². The Bertz CT molecular complexity index is 1070. The fraction of sp³-hybridized carbons (Fsp3) is 0. The Morgan fingerprint density at radius 1 is 0.897 bits per heavy atom. The number of anilines is 3. The molecule has 0 fully saturated rings. The first kappa shape index (κ1) is 19.2. The molecule has 0 atom stereocenters. The molecule has 0 radical (unpaired) electrons. The van der Waals surface area contributed by atoms with Gasteiger partial charge in [0.2, 0.25) is 11.6 Å². The number of aromatic nitrogens is 2. The van der Waals surface area contributed by atoms with Crippen LogP contribution in [-0.4, -0.2) is 25.7 Å². The lowest BCUT2D eigenvalue weighted by atomic mass is 10.2. The Balaban J connectivity index is 1.84. The predicted octanol–water partition coefficient (Wildman–Crippen LogP) is 2.79. The monoisotopic (exact) mass is 395 g/mol. The molecule has 0 saturated carbocycles. The smallest absolute Gasteiger partial charge is 0.334 e. The van der Waals surface area contributed by atoms with Gasteiger partial charge in [-0.05, 0) is 18.2 Å². The maximum atomic E-state index is 12.1. The first-order chi connectivity index (χ1) is 14.0. The highest BCUT2D eigenvalue weighted by Gasteiger charge is 2.24. The number of nitrogens with zero attached hydrogens (tertiary/aromatic N) is 4. The minimum atomic E-state index is -0.739. The van der Waals surface area contributed by atoms with Crippen LogP contribution >= 0.6 is 0 Å². The molecule has 3 N–H and O–H groups in total. The van der Waals surface area contributed by atoms with Crippen molar-refractivity contribution in [3.8, 4) is 0 Å². The third-order valence-corrected chi connectivity index (χ3v) is 3.65. The maximum Gasteiger partial charge on any atom is 0.355 e. The Kier molecular flexibility index (Phi) is 5.54. The molecule has 1 heterocycles. The van der Waals surface area contributed by atoms with Gasteiger partial charge in [0.15, 0.2) is 0 Å². The lowest BCUT2D eigenvalue weighted by molar-refractivity contribution is -0.384. The van der Waals surface area contributed by atoms with Gasteiger partial charge in [-0.1, -0.05) is 24.3 Å². The summed E-state index contributed by atoms with van der Waals surface area (Å²) in [5.41, 5.74) is 4.55. The van der Waals surface area contributed by atoms with Crippen LogP contribution in [0.15, 0.2) is 60.9 Å². The van der Waals surface area contributed by atoms with Crippen LogP contribution in [0.1, 0.15) is 10.4 Å². The van der Waals surface area contributed by atoms with E-state index in [1.807, 2.05) is 0 Å². The molecule has 0 aliphatic carbocycles. The first-order valence-electron chi connectivity index (χ1n) is 8.08. The number of hydrogen-bond acceptors (Lipinski definition) is 9. The number of rotatable bonds is 7. The van der Waals surface area contributed by atoms with Gasteiger partial charge in [0.05, 0.1) is 9.85 Å². The SMILES string of the molecule is O=C(NNc1ncnc(Nc2cccc([N+](=O)[O-])c2)c1[N+](=O)[O-])c1ccccc1. The number of hydrogen-bond donors (Lipinski definition) is 3. The summed E-state index contributed by atoms with van der Waals surface area (Å²) in [6.45, 7) is 0. The van der Waals surface area contributed by atoms with E-state index in [-0.39, 0.29) is 23.0 Å². The van der Waals surface area contributed by atoms with Gasteiger partial charge in [0.1, 0.15) is 6.33 Å². The van der Waals surface area contributed by atoms with E-state index in [9.17, 15) is 25.0 Å². The highest BCUT2D eigenvalue weighted by atomic mass is 16.6. The molecule has 1 aromatic heterocycles. The quantitative estimate of drug-likeness (QED) is 0.403. The predicted molar refractivity (Wildman–Crippen MR) is 103 cm³/mol. The van der Waals surface area contributed by atoms with Crippen LogP contribution in [0, 0.1) is 20.2 Å². The van der Waals surface area contributed by atoms with Crippen LogP contribution in [0.3, 0.4) is 0 Å². The summed E-state index contributed by atoms with van der Waals surface area (Å²) in [5, 5.41) is 25.1. The molecule has 1 amide bonds. The van der Waals surface area contributed by atoms with Crippen molar-refractivity contribution in [3.63, 3.8) is 0 Å². The number of nitrogens with one attached hydrogen (secondary N) is 3. The topological polar surface area (TPSA) is 165 Å². The van der Waals surface area contributed by atoms with Gasteiger partial charge < -0.3 is 5.32 Å². The average molecular weight is 395 g/mol. The third kappa shape index (κ3) is 4.57. The van der Waals surface area contributed by atoms with Gasteiger partial charge in [-0.2, -0.15) is 0 Å². The van der Waals surface area contributed by atoms with Crippen molar-refractivity contribution >= 4 is 34.6 Å². The summed E-state index contributed by atoms with van der Waals surface area (Å²) in [6.07, 6.45) is 1.05. The van der Waals surface area contributed by atoms with Gasteiger partial charge in [-0.3, -0.25) is 35.9 Å². The fourth-order valence-electron chi connectivity index (χ4n) is 2.35. The second-order valence-corrected chi connectivity index (χ2v) is 5.55. The summed E-state index contributed by atoms with van der Waals surface area (Å²) in [6, 6.07) is 13.6. The van der Waals surface area contributed by atoms with Crippen molar-refractivity contribution in [2.45, 2.75) is 0 Å². The zero-order chi connectivity index (χ0) is 20.8. The molecule has 0 unspecified atom stereocenters. The number of hydrazine groups is 1. The van der Waals surface area contributed by atoms with Crippen LogP contribution in [-0.2, 0) is 0 Å². The number of non-ortho nitro benzene ring substituents is 1. The molecular formula is C17H13N7O5. The molecule has 3 aromatic rings. The normalized spacial score (nSPS) is 10.1. The molecule has 0 aliphatic rings. The Morgan fingerprint density at radius 3 is 2.31 bits per heavy atom. The standard InChI is InChI=1S/C17H13N7O5/c25-17(11-5-2-1-3-6-11)22-21-16-14(24(28)29)15(18-10-19-16)20-12-7-4-8-13(9-12)23(26)27/h1-10H,(H,22,25)(H2,18,19,20,21). The molecule has 12 nitrogen and oxygen atoms in total. The molecule has 146 valence electrons. The molecule has 12 heteroatoms. The molecule has 0 saturated heterocycles. The van der Waals surface area contributed by atoms with E-state index >= 15 is 0 Å². The number of amides is 1. The molecule has 0 spiro atoms. The van der Waals surface area contributed by atoms with Crippen LogP contribution in [0.25, 0.3) is 0 Å². The number of carbonyl (C=O) groups is 1. The Morgan fingerprint density at radius 2 is 1.62 bits per heavy atom. The summed E-state index contributed by atoms with van der Waals surface area (Å²) in [5.74, 6) is -0.990. The number of nitro groups is 2. The van der Waals surface area contributed by atoms with Crippen molar-refractivity contribution in [1.29, 1.82) is 0 Å². The highest BCUT2D eigenvalue weighted by Crippen LogP contribution is 2.31. The van der Waals surface area contributed by atoms with E-state index in [1.54, 1.807) is 30.3 Å². The van der Waals surface area contributed by atoms with Gasteiger partial charge >= 0.3 is 5.69 Å². The van der Waals surface area contributed by atoms with Crippen LogP contribution in [0.2, 0.25) is 0 Å². The van der Waals surface area contributed by atoms with Crippen molar-refractivity contribution in [3.05, 3.63) is 86.7 Å². The lowest BCUT2D eigenvalue weighted by Crippen LogP contribution is -2.30. The van der Waals surface area contributed by atoms with E-state index in [0.717, 1.165) is 6.33 Å². The largest absolute Gasteiger partial charge is 0.355 e. The number of benzene rings is 2. The second-order valence-electron chi connectivity index (χ2n) is 5.55. The van der Waals surface area contributed by atoms with Crippen molar-refractivity contribution in [1.82, 2.24) is 15.4 Å². The summed E-state index contributed by atoms with van der Waals surface area (Å²) in [7, 11) is 0. The minimum absolute atomic E-state index is 0.194. The fourth-order valence-corrected chi connectivity index (χ4v) is 2.35. The van der Waals surface area contributed by atoms with Crippen molar-refractivity contribution in [2.75, 3.05) is 10.7 Å². The lowest BCUT2D eigenvalue weighted by Gasteiger charge is -2.11. The summed E-state index contributed by atoms with van der Waals surface area (Å²) >= 11 is 0. The minimum Gasteiger partial charge on any atom is -0.334 e. The Labute approximate surface area is 162 Å². The van der Waals surface area contributed by atoms with Crippen LogP contribution in [0.5, 0.6) is 0 Å². The number of nitro benzene ring substituents is 1. The average Bonchev–Trinajstić information content (AvgIpc) is 2.72. The molecule has 3 rings (SSSR count). The van der Waals surface area contributed by atoms with Gasteiger partial charge in [0, 0.05) is 23.4 Å². The highest BCUT2D eigenvalue weighted by molar-refractivity contribution is 5.95. The van der Waals surface area contributed by atoms with E-state index < -0.39 is 21.4 Å². The van der Waals surface area contributed by atoms with Gasteiger partial charge in [0.25, 0.3) is 11.6 Å². The second kappa shape index (κ2) is 8.39. The third-order valence-electron chi connectivity index (χ3n) is 3.65. The molecule has 29 heavy (non-hydrogen) atoms. The van der Waals surface area contributed by atoms with E-state index in [2.05, 4.69) is 26.1 Å². The molecule has 0 bridgehead atoms. The Hall–Kier alpha value is -4.61. The molecular weight excluding hydrogens is 382 g/mol. The van der Waals surface area contributed by atoms with E-state index in [0.29, 0.717) is 5.56 Å². The summed E-state index contributed by atoms with van der Waals surface area (Å²) < 4.78 is 0. The summed E-state index contributed by atoms with van der Waals surface area (Å²) in [4.78, 5) is 40.8. The van der Waals surface area contributed by atoms with Gasteiger partial charge in [-0.15, -0.1) is 0 Å². The van der Waals surface area contributed by atoms with Crippen molar-refractivity contribution in [2.24, 2.45) is 0 Å². The van der Waals surface area contributed by atoms with Crippen LogP contribution in [0.4, 0.5) is 28.7 Å².